The van der Waals surface area contributed by atoms with E-state index in [1.807, 2.05) is 30.3 Å². The molecule has 0 bridgehead atoms. The van der Waals surface area contributed by atoms with Gasteiger partial charge in [-0.25, -0.2) is 8.42 Å². The average Bonchev–Trinajstić information content (AvgIpc) is 3.18. The van der Waals surface area contributed by atoms with Crippen molar-refractivity contribution in [2.24, 2.45) is 0 Å². The number of rotatable bonds is 11. The molecular weight excluding hydrogens is 408 g/mol. The van der Waals surface area contributed by atoms with Gasteiger partial charge in [-0.1, -0.05) is 30.3 Å². The van der Waals surface area contributed by atoms with Crippen molar-refractivity contribution < 1.29 is 27.4 Å². The van der Waals surface area contributed by atoms with Gasteiger partial charge in [0.05, 0.1) is 25.2 Å². The highest BCUT2D eigenvalue weighted by atomic mass is 32.2. The monoisotopic (exact) mass is 434 g/mol. The number of hydrogen-bond acceptors (Lipinski definition) is 6. The number of nitrogens with zero attached hydrogens (tertiary/aromatic N) is 1. The molecule has 0 fully saturated rings. The molecule has 0 aliphatic carbocycles. The normalized spacial score (nSPS) is 12.6. The Morgan fingerprint density at radius 2 is 1.90 bits per heavy atom. The molecule has 0 saturated carbocycles. The Labute approximate surface area is 176 Å². The van der Waals surface area contributed by atoms with Crippen LogP contribution in [0, 0.1) is 0 Å². The summed E-state index contributed by atoms with van der Waals surface area (Å²) in [5.41, 5.74) is 1.56. The third kappa shape index (κ3) is 6.36. The van der Waals surface area contributed by atoms with Crippen LogP contribution in [-0.2, 0) is 26.2 Å². The van der Waals surface area contributed by atoms with Crippen molar-refractivity contribution in [3.8, 4) is 11.5 Å². The SMILES string of the molecule is CS(=O)(=O)N(CCCC(=O)NCCOCc1ccccc1)c1ccc2c(c1)OCO2. The highest BCUT2D eigenvalue weighted by Crippen LogP contribution is 2.36. The van der Waals surface area contributed by atoms with Crippen LogP contribution in [0.2, 0.25) is 0 Å². The van der Waals surface area contributed by atoms with Gasteiger partial charge in [0, 0.05) is 25.6 Å². The van der Waals surface area contributed by atoms with E-state index in [1.165, 1.54) is 4.31 Å². The molecule has 3 rings (SSSR count). The van der Waals surface area contributed by atoms with Crippen molar-refractivity contribution >= 4 is 21.6 Å². The second-order valence-electron chi connectivity index (χ2n) is 6.86. The average molecular weight is 435 g/mol. The van der Waals surface area contributed by atoms with Gasteiger partial charge in [-0.2, -0.15) is 0 Å². The second-order valence-corrected chi connectivity index (χ2v) is 8.77. The molecule has 9 heteroatoms. The largest absolute Gasteiger partial charge is 0.454 e. The standard InChI is InChI=1S/C21H26N2O6S/c1-30(25,26)23(18-9-10-19-20(14-18)29-16-28-19)12-5-8-21(24)22-11-13-27-15-17-6-3-2-4-7-17/h2-4,6-7,9-10,14H,5,8,11-13,15-16H2,1H3,(H,22,24). The highest BCUT2D eigenvalue weighted by molar-refractivity contribution is 7.92. The van der Waals surface area contributed by atoms with Gasteiger partial charge in [-0.05, 0) is 24.1 Å². The van der Waals surface area contributed by atoms with Crippen LogP contribution in [0.15, 0.2) is 48.5 Å². The van der Waals surface area contributed by atoms with Crippen LogP contribution in [-0.4, -0.2) is 47.1 Å². The number of carbonyl (C=O) groups is 1. The number of ether oxygens (including phenoxy) is 3. The molecule has 1 amide bonds. The van der Waals surface area contributed by atoms with E-state index in [9.17, 15) is 13.2 Å². The maximum absolute atomic E-state index is 12.2. The minimum Gasteiger partial charge on any atom is -0.454 e. The van der Waals surface area contributed by atoms with Crippen LogP contribution in [0.4, 0.5) is 5.69 Å². The van der Waals surface area contributed by atoms with Gasteiger partial charge in [0.25, 0.3) is 0 Å². The Morgan fingerprint density at radius 1 is 1.13 bits per heavy atom. The molecule has 1 aliphatic rings. The summed E-state index contributed by atoms with van der Waals surface area (Å²) >= 11 is 0. The van der Waals surface area contributed by atoms with Crippen LogP contribution < -0.4 is 19.1 Å². The first kappa shape index (κ1) is 21.9. The fourth-order valence-corrected chi connectivity index (χ4v) is 3.98. The number of anilines is 1. The Kier molecular flexibility index (Phi) is 7.53. The summed E-state index contributed by atoms with van der Waals surface area (Å²) in [6.07, 6.45) is 1.75. The molecule has 0 spiro atoms. The molecule has 0 atom stereocenters. The van der Waals surface area contributed by atoms with Crippen LogP contribution >= 0.6 is 0 Å². The maximum atomic E-state index is 12.2. The minimum atomic E-state index is -3.50. The lowest BCUT2D eigenvalue weighted by atomic mass is 10.2. The maximum Gasteiger partial charge on any atom is 0.232 e. The molecule has 2 aromatic carbocycles. The van der Waals surface area contributed by atoms with Crippen molar-refractivity contribution in [3.63, 3.8) is 0 Å². The van der Waals surface area contributed by atoms with E-state index in [-0.39, 0.29) is 25.7 Å². The van der Waals surface area contributed by atoms with Gasteiger partial charge >= 0.3 is 0 Å². The lowest BCUT2D eigenvalue weighted by molar-refractivity contribution is -0.121. The third-order valence-corrected chi connectivity index (χ3v) is 5.68. The van der Waals surface area contributed by atoms with Crippen LogP contribution in [0.5, 0.6) is 11.5 Å². The molecule has 0 aromatic heterocycles. The van der Waals surface area contributed by atoms with Crippen molar-refractivity contribution in [2.75, 3.05) is 37.1 Å². The number of hydrogen-bond donors (Lipinski definition) is 1. The molecule has 162 valence electrons. The summed E-state index contributed by atoms with van der Waals surface area (Å²) < 4.78 is 41.8. The Hall–Kier alpha value is -2.78. The molecule has 1 N–H and O–H groups in total. The summed E-state index contributed by atoms with van der Waals surface area (Å²) in [5, 5.41) is 2.79. The Balaban J connectivity index is 1.40. The molecule has 0 radical (unpaired) electrons. The highest BCUT2D eigenvalue weighted by Gasteiger charge is 2.21. The summed E-state index contributed by atoms with van der Waals surface area (Å²) in [6, 6.07) is 14.8. The molecule has 8 nitrogen and oxygen atoms in total. The van der Waals surface area contributed by atoms with Gasteiger partial charge in [0.15, 0.2) is 11.5 Å². The predicted molar refractivity (Wildman–Crippen MR) is 113 cm³/mol. The third-order valence-electron chi connectivity index (χ3n) is 4.49. The van der Waals surface area contributed by atoms with Crippen LogP contribution in [0.1, 0.15) is 18.4 Å². The van der Waals surface area contributed by atoms with Crippen molar-refractivity contribution in [1.82, 2.24) is 5.32 Å². The van der Waals surface area contributed by atoms with Gasteiger partial charge in [0.2, 0.25) is 22.7 Å². The van der Waals surface area contributed by atoms with Crippen molar-refractivity contribution in [2.45, 2.75) is 19.4 Å². The van der Waals surface area contributed by atoms with E-state index in [1.54, 1.807) is 18.2 Å². The minimum absolute atomic E-state index is 0.118. The number of amides is 1. The second kappa shape index (κ2) is 10.3. The predicted octanol–water partition coefficient (Wildman–Crippen LogP) is 2.29. The lowest BCUT2D eigenvalue weighted by Crippen LogP contribution is -2.32. The summed E-state index contributed by atoms with van der Waals surface area (Å²) in [5.74, 6) is 0.952. The quantitative estimate of drug-likeness (QED) is 0.546. The molecule has 1 aliphatic heterocycles. The van der Waals surface area contributed by atoms with E-state index in [2.05, 4.69) is 5.32 Å². The van der Waals surface area contributed by atoms with Gasteiger partial charge < -0.3 is 19.5 Å². The Bertz CT molecular complexity index is 949. The molecular formula is C21H26N2O6S. The van der Waals surface area contributed by atoms with Crippen LogP contribution in [0.25, 0.3) is 0 Å². The first-order valence-electron chi connectivity index (χ1n) is 9.69. The summed E-state index contributed by atoms with van der Waals surface area (Å²) in [4.78, 5) is 12.0. The molecule has 1 heterocycles. The van der Waals surface area contributed by atoms with Gasteiger partial charge in [-0.3, -0.25) is 9.10 Å². The zero-order chi connectivity index (χ0) is 21.4. The van der Waals surface area contributed by atoms with E-state index in [4.69, 9.17) is 14.2 Å². The first-order valence-corrected chi connectivity index (χ1v) is 11.5. The van der Waals surface area contributed by atoms with Crippen molar-refractivity contribution in [3.05, 3.63) is 54.1 Å². The molecule has 0 saturated heterocycles. The number of nitrogens with one attached hydrogen (secondary N) is 1. The van der Waals surface area contributed by atoms with Crippen LogP contribution in [0.3, 0.4) is 0 Å². The molecule has 2 aromatic rings. The summed E-state index contributed by atoms with van der Waals surface area (Å²) in [7, 11) is -3.50. The van der Waals surface area contributed by atoms with E-state index in [0.29, 0.717) is 43.4 Å². The number of carbonyl (C=O) groups excluding carboxylic acids is 1. The Morgan fingerprint density at radius 3 is 2.67 bits per heavy atom. The van der Waals surface area contributed by atoms with E-state index < -0.39 is 10.0 Å². The fourth-order valence-electron chi connectivity index (χ4n) is 3.03. The molecule has 0 unspecified atom stereocenters. The van der Waals surface area contributed by atoms with E-state index >= 15 is 0 Å². The zero-order valence-electron chi connectivity index (χ0n) is 16.9. The zero-order valence-corrected chi connectivity index (χ0v) is 17.7. The first-order chi connectivity index (χ1) is 14.4. The lowest BCUT2D eigenvalue weighted by Gasteiger charge is -2.22. The van der Waals surface area contributed by atoms with Gasteiger partial charge in [-0.15, -0.1) is 0 Å². The smallest absolute Gasteiger partial charge is 0.232 e. The fraction of sp³-hybridized carbons (Fsp3) is 0.381. The molecule has 30 heavy (non-hydrogen) atoms. The summed E-state index contributed by atoms with van der Waals surface area (Å²) in [6.45, 7) is 1.62. The number of benzene rings is 2. The van der Waals surface area contributed by atoms with Crippen molar-refractivity contribution in [1.29, 1.82) is 0 Å². The topological polar surface area (TPSA) is 94.2 Å². The van der Waals surface area contributed by atoms with Gasteiger partial charge in [0.1, 0.15) is 0 Å². The number of sulfonamides is 1. The van der Waals surface area contributed by atoms with E-state index in [0.717, 1.165) is 11.8 Å². The number of fused-ring (bicyclic) bond motifs is 1.